The second-order valence-electron chi connectivity index (χ2n) is 4.01. The predicted molar refractivity (Wildman–Crippen MR) is 62.5 cm³/mol. The van der Waals surface area contributed by atoms with Gasteiger partial charge in [-0.05, 0) is 12.2 Å². The Balaban J connectivity index is 3.47. The van der Waals surface area contributed by atoms with Gasteiger partial charge in [0.15, 0.2) is 5.41 Å². The first-order chi connectivity index (χ1) is 9.28. The van der Waals surface area contributed by atoms with Crippen LogP contribution in [0.2, 0.25) is 0 Å². The van der Waals surface area contributed by atoms with Crippen LogP contribution in [0.5, 0.6) is 0 Å². The average molecular weight is 284 g/mol. The van der Waals surface area contributed by atoms with Crippen LogP contribution in [0.15, 0.2) is 23.3 Å². The van der Waals surface area contributed by atoms with Crippen molar-refractivity contribution in [2.24, 2.45) is 5.41 Å². The van der Waals surface area contributed by atoms with Gasteiger partial charge in [0, 0.05) is 12.0 Å². The van der Waals surface area contributed by atoms with Crippen LogP contribution < -0.4 is 0 Å². The highest BCUT2D eigenvalue weighted by molar-refractivity contribution is 6.07. The molecule has 8 nitrogen and oxygen atoms in total. The standard InChI is InChI=1S/C12H12O8/c1-19-9(15)7-3-6(8(13)14)4-12(5-7,10(16)17)11(18)20-2/h3,5H,4H2,1-2H3,(H,13,14)(H,16,17). The van der Waals surface area contributed by atoms with Gasteiger partial charge >= 0.3 is 23.9 Å². The molecule has 0 aromatic rings. The van der Waals surface area contributed by atoms with Crippen molar-refractivity contribution in [2.75, 3.05) is 14.2 Å². The first-order valence-corrected chi connectivity index (χ1v) is 5.35. The van der Waals surface area contributed by atoms with Gasteiger partial charge in [0.1, 0.15) is 0 Å². The largest absolute Gasteiger partial charge is 0.480 e. The molecule has 0 aliphatic heterocycles. The summed E-state index contributed by atoms with van der Waals surface area (Å²) < 4.78 is 8.82. The Hall–Kier alpha value is -2.64. The number of rotatable bonds is 4. The van der Waals surface area contributed by atoms with Gasteiger partial charge in [-0.15, -0.1) is 0 Å². The lowest BCUT2D eigenvalue weighted by molar-refractivity contribution is -0.163. The van der Waals surface area contributed by atoms with Crippen molar-refractivity contribution in [3.8, 4) is 0 Å². The average Bonchev–Trinajstić information content (AvgIpc) is 2.44. The lowest BCUT2D eigenvalue weighted by Gasteiger charge is -2.27. The minimum Gasteiger partial charge on any atom is -0.480 e. The Morgan fingerprint density at radius 3 is 2.15 bits per heavy atom. The van der Waals surface area contributed by atoms with Gasteiger partial charge in [0.2, 0.25) is 0 Å². The molecule has 0 fully saturated rings. The summed E-state index contributed by atoms with van der Waals surface area (Å²) in [5, 5.41) is 18.2. The third kappa shape index (κ3) is 2.53. The molecule has 0 aromatic carbocycles. The molecule has 1 unspecified atom stereocenters. The number of hydrogen-bond donors (Lipinski definition) is 2. The quantitative estimate of drug-likeness (QED) is 0.534. The normalized spacial score (nSPS) is 21.3. The van der Waals surface area contributed by atoms with Gasteiger partial charge < -0.3 is 19.7 Å². The second-order valence-corrected chi connectivity index (χ2v) is 4.01. The number of carbonyl (C=O) groups is 4. The summed E-state index contributed by atoms with van der Waals surface area (Å²) in [5.41, 5.74) is -2.99. The molecule has 0 saturated heterocycles. The van der Waals surface area contributed by atoms with Crippen LogP contribution in [0.4, 0.5) is 0 Å². The van der Waals surface area contributed by atoms with E-state index in [1.165, 1.54) is 0 Å². The van der Waals surface area contributed by atoms with E-state index >= 15 is 0 Å². The summed E-state index contributed by atoms with van der Waals surface area (Å²) in [4.78, 5) is 45.6. The number of carbonyl (C=O) groups excluding carboxylic acids is 2. The van der Waals surface area contributed by atoms with Crippen LogP contribution in [0.1, 0.15) is 6.42 Å². The van der Waals surface area contributed by atoms with Crippen LogP contribution >= 0.6 is 0 Å². The van der Waals surface area contributed by atoms with Gasteiger partial charge in [0.05, 0.1) is 19.8 Å². The molecule has 0 amide bonds. The summed E-state index contributed by atoms with van der Waals surface area (Å²) in [7, 11) is 2.02. The van der Waals surface area contributed by atoms with E-state index in [2.05, 4.69) is 9.47 Å². The fourth-order valence-corrected chi connectivity index (χ4v) is 1.81. The summed E-state index contributed by atoms with van der Waals surface area (Å²) in [6, 6.07) is 0. The van der Waals surface area contributed by atoms with Crippen molar-refractivity contribution >= 4 is 23.9 Å². The molecule has 20 heavy (non-hydrogen) atoms. The summed E-state index contributed by atoms with van der Waals surface area (Å²) in [6.07, 6.45) is 1.20. The Labute approximate surface area is 113 Å². The maximum absolute atomic E-state index is 11.7. The Morgan fingerprint density at radius 2 is 1.75 bits per heavy atom. The molecular weight excluding hydrogens is 272 g/mol. The second kappa shape index (κ2) is 5.55. The SMILES string of the molecule is COC(=O)C1=CC(C(=O)O)(C(=O)OC)CC(C(=O)O)=C1. The van der Waals surface area contributed by atoms with E-state index in [0.717, 1.165) is 26.4 Å². The highest BCUT2D eigenvalue weighted by Gasteiger charge is 2.49. The van der Waals surface area contributed by atoms with E-state index in [1.54, 1.807) is 0 Å². The third-order valence-electron chi connectivity index (χ3n) is 2.83. The molecular formula is C12H12O8. The number of aliphatic carboxylic acids is 2. The number of esters is 2. The Bertz CT molecular complexity index is 542. The zero-order chi connectivity index (χ0) is 15.5. The van der Waals surface area contributed by atoms with Crippen molar-refractivity contribution < 1.29 is 38.9 Å². The first-order valence-electron chi connectivity index (χ1n) is 5.35. The Kier molecular flexibility index (Phi) is 4.28. The lowest BCUT2D eigenvalue weighted by Crippen LogP contribution is -2.41. The van der Waals surface area contributed by atoms with E-state index in [0.29, 0.717) is 0 Å². The molecule has 1 rings (SSSR count). The van der Waals surface area contributed by atoms with E-state index in [1.807, 2.05) is 0 Å². The molecule has 0 bridgehead atoms. The molecule has 1 atom stereocenters. The van der Waals surface area contributed by atoms with Crippen molar-refractivity contribution in [1.29, 1.82) is 0 Å². The monoisotopic (exact) mass is 284 g/mol. The molecule has 1 aliphatic carbocycles. The minimum atomic E-state index is -2.26. The molecule has 0 spiro atoms. The fourth-order valence-electron chi connectivity index (χ4n) is 1.81. The topological polar surface area (TPSA) is 127 Å². The zero-order valence-electron chi connectivity index (χ0n) is 10.7. The van der Waals surface area contributed by atoms with Crippen LogP contribution in [0.3, 0.4) is 0 Å². The Morgan fingerprint density at radius 1 is 1.15 bits per heavy atom. The van der Waals surface area contributed by atoms with E-state index in [4.69, 9.17) is 5.11 Å². The van der Waals surface area contributed by atoms with E-state index < -0.39 is 41.3 Å². The highest BCUT2D eigenvalue weighted by Crippen LogP contribution is 2.36. The number of carboxylic acid groups (broad SMARTS) is 2. The molecule has 0 radical (unpaired) electrons. The molecule has 108 valence electrons. The molecule has 8 heteroatoms. The van der Waals surface area contributed by atoms with Gasteiger partial charge in [-0.3, -0.25) is 9.59 Å². The number of hydrogen-bond acceptors (Lipinski definition) is 6. The number of methoxy groups -OCH3 is 2. The minimum absolute atomic E-state index is 0.330. The summed E-state index contributed by atoms with van der Waals surface area (Å²) in [5.74, 6) is -5.16. The maximum Gasteiger partial charge on any atom is 0.337 e. The van der Waals surface area contributed by atoms with Gasteiger partial charge in [-0.2, -0.15) is 0 Å². The molecule has 0 heterocycles. The fraction of sp³-hybridized carbons (Fsp3) is 0.333. The number of carboxylic acids is 2. The zero-order valence-corrected chi connectivity index (χ0v) is 10.7. The van der Waals surface area contributed by atoms with Crippen molar-refractivity contribution in [1.82, 2.24) is 0 Å². The third-order valence-corrected chi connectivity index (χ3v) is 2.83. The van der Waals surface area contributed by atoms with Crippen LogP contribution in [0.25, 0.3) is 0 Å². The van der Waals surface area contributed by atoms with Crippen LogP contribution in [-0.4, -0.2) is 48.3 Å². The lowest BCUT2D eigenvalue weighted by atomic mass is 9.76. The van der Waals surface area contributed by atoms with Gasteiger partial charge in [0.25, 0.3) is 0 Å². The maximum atomic E-state index is 11.7. The van der Waals surface area contributed by atoms with Gasteiger partial charge in [-0.25, -0.2) is 9.59 Å². The van der Waals surface area contributed by atoms with E-state index in [-0.39, 0.29) is 5.57 Å². The van der Waals surface area contributed by atoms with E-state index in [9.17, 15) is 24.3 Å². The first kappa shape index (κ1) is 15.4. The smallest absolute Gasteiger partial charge is 0.337 e. The summed E-state index contributed by atoms with van der Waals surface area (Å²) >= 11 is 0. The van der Waals surface area contributed by atoms with Crippen LogP contribution in [-0.2, 0) is 28.7 Å². The molecule has 0 saturated carbocycles. The molecule has 2 N–H and O–H groups in total. The summed E-state index contributed by atoms with van der Waals surface area (Å²) in [6.45, 7) is 0. The van der Waals surface area contributed by atoms with Gasteiger partial charge in [-0.1, -0.05) is 0 Å². The highest BCUT2D eigenvalue weighted by atomic mass is 16.5. The number of ether oxygens (including phenoxy) is 2. The molecule has 0 aromatic heterocycles. The van der Waals surface area contributed by atoms with Crippen LogP contribution in [0, 0.1) is 5.41 Å². The predicted octanol–water partition coefficient (Wildman–Crippen LogP) is -0.256. The van der Waals surface area contributed by atoms with Crippen molar-refractivity contribution in [3.63, 3.8) is 0 Å². The molecule has 1 aliphatic rings. The van der Waals surface area contributed by atoms with Crippen molar-refractivity contribution in [2.45, 2.75) is 6.42 Å². The van der Waals surface area contributed by atoms with Crippen molar-refractivity contribution in [3.05, 3.63) is 23.3 Å².